The van der Waals surface area contributed by atoms with Crippen molar-refractivity contribution in [3.63, 3.8) is 0 Å². The van der Waals surface area contributed by atoms with Crippen molar-refractivity contribution in [2.24, 2.45) is 0 Å². The van der Waals surface area contributed by atoms with E-state index in [2.05, 4.69) is 38.6 Å². The summed E-state index contributed by atoms with van der Waals surface area (Å²) in [7, 11) is 0. The number of benzene rings is 2. The lowest BCUT2D eigenvalue weighted by atomic mass is 10.0. The molecule has 0 radical (unpaired) electrons. The summed E-state index contributed by atoms with van der Waals surface area (Å²) < 4.78 is 11.6. The normalized spacial score (nSPS) is 11.8. The number of rotatable bonds is 13. The van der Waals surface area contributed by atoms with Crippen LogP contribution in [-0.2, 0) is 16.0 Å². The van der Waals surface area contributed by atoms with Crippen LogP contribution in [0.4, 0.5) is 0 Å². The van der Waals surface area contributed by atoms with Gasteiger partial charge in [-0.05, 0) is 48.6 Å². The minimum atomic E-state index is 0.0870. The summed E-state index contributed by atoms with van der Waals surface area (Å²) in [5.41, 5.74) is 3.84. The van der Waals surface area contributed by atoms with Gasteiger partial charge in [0.15, 0.2) is 0 Å². The number of hydrogen-bond donors (Lipinski definition) is 1. The van der Waals surface area contributed by atoms with Crippen molar-refractivity contribution in [2.75, 3.05) is 13.2 Å². The monoisotopic (exact) mass is 420 g/mol. The highest BCUT2D eigenvalue weighted by atomic mass is 16.5. The standard InChI is InChI=1S/C27H32O4/c1-4-25(14-12-21(2)22(3)23-10-6-5-7-11-23)30-18-8-9-19-31-26-15-13-24(16-17-28)27(29)20-26/h5-7,10-15,17,20,29H,3-4,8-9,16,18-19H2,1-2H3/b21-12+,25-14+. The lowest BCUT2D eigenvalue weighted by Gasteiger charge is -2.10. The Bertz CT molecular complexity index is 910. The zero-order valence-electron chi connectivity index (χ0n) is 18.5. The first kappa shape index (κ1) is 24.0. The van der Waals surface area contributed by atoms with Crippen molar-refractivity contribution in [2.45, 2.75) is 39.5 Å². The van der Waals surface area contributed by atoms with Crippen LogP contribution >= 0.6 is 0 Å². The molecule has 0 aliphatic heterocycles. The van der Waals surface area contributed by atoms with Crippen LogP contribution in [0.3, 0.4) is 0 Å². The molecule has 0 spiro atoms. The van der Waals surface area contributed by atoms with Crippen molar-refractivity contribution in [3.8, 4) is 11.5 Å². The minimum absolute atomic E-state index is 0.0870. The zero-order chi connectivity index (χ0) is 22.5. The van der Waals surface area contributed by atoms with Gasteiger partial charge < -0.3 is 19.4 Å². The average molecular weight is 421 g/mol. The van der Waals surface area contributed by atoms with Crippen LogP contribution in [0.2, 0.25) is 0 Å². The summed E-state index contributed by atoms with van der Waals surface area (Å²) in [5.74, 6) is 1.63. The number of carbonyl (C=O) groups excluding carboxylic acids is 1. The Morgan fingerprint density at radius 1 is 1.06 bits per heavy atom. The topological polar surface area (TPSA) is 55.8 Å². The minimum Gasteiger partial charge on any atom is -0.508 e. The molecule has 0 aliphatic carbocycles. The van der Waals surface area contributed by atoms with Crippen molar-refractivity contribution in [3.05, 3.63) is 89.7 Å². The van der Waals surface area contributed by atoms with Gasteiger partial charge in [-0.25, -0.2) is 0 Å². The Morgan fingerprint density at radius 3 is 2.48 bits per heavy atom. The fourth-order valence-corrected chi connectivity index (χ4v) is 2.95. The summed E-state index contributed by atoms with van der Waals surface area (Å²) >= 11 is 0. The molecule has 0 heterocycles. The molecule has 0 saturated carbocycles. The van der Waals surface area contributed by atoms with E-state index in [0.717, 1.165) is 48.0 Å². The van der Waals surface area contributed by atoms with Crippen LogP contribution < -0.4 is 4.74 Å². The summed E-state index contributed by atoms with van der Waals surface area (Å²) in [6, 6.07) is 15.2. The van der Waals surface area contributed by atoms with E-state index >= 15 is 0 Å². The number of ether oxygens (including phenoxy) is 2. The summed E-state index contributed by atoms with van der Waals surface area (Å²) in [5, 5.41) is 9.86. The van der Waals surface area contributed by atoms with Gasteiger partial charge in [0.25, 0.3) is 0 Å². The number of unbranched alkanes of at least 4 members (excludes halogenated alkanes) is 1. The smallest absolute Gasteiger partial charge is 0.124 e. The predicted octanol–water partition coefficient (Wildman–Crippen LogP) is 6.26. The van der Waals surface area contributed by atoms with Gasteiger partial charge in [-0.15, -0.1) is 0 Å². The first-order valence-electron chi connectivity index (χ1n) is 10.7. The first-order chi connectivity index (χ1) is 15.0. The molecular formula is C27H32O4. The van der Waals surface area contributed by atoms with Crippen LogP contribution in [0.15, 0.2) is 78.6 Å². The molecule has 4 heteroatoms. The maximum absolute atomic E-state index is 10.6. The number of carbonyl (C=O) groups is 1. The summed E-state index contributed by atoms with van der Waals surface area (Å²) in [6.07, 6.45) is 7.57. The molecule has 0 aromatic heterocycles. The van der Waals surface area contributed by atoms with Gasteiger partial charge in [-0.2, -0.15) is 0 Å². The second-order valence-electron chi connectivity index (χ2n) is 7.25. The Hall–Kier alpha value is -3.27. The maximum atomic E-state index is 10.6. The van der Waals surface area contributed by atoms with Gasteiger partial charge >= 0.3 is 0 Å². The largest absolute Gasteiger partial charge is 0.508 e. The third-order valence-corrected chi connectivity index (χ3v) is 4.92. The highest BCUT2D eigenvalue weighted by molar-refractivity contribution is 5.76. The molecule has 0 saturated heterocycles. The Morgan fingerprint density at radius 2 is 1.81 bits per heavy atom. The molecular weight excluding hydrogens is 388 g/mol. The predicted molar refractivity (Wildman–Crippen MR) is 126 cm³/mol. The molecule has 0 unspecified atom stereocenters. The second kappa shape index (κ2) is 13.1. The summed E-state index contributed by atoms with van der Waals surface area (Å²) in [6.45, 7) is 9.48. The lowest BCUT2D eigenvalue weighted by Crippen LogP contribution is -2.01. The first-order valence-corrected chi connectivity index (χ1v) is 10.7. The van der Waals surface area contributed by atoms with Gasteiger partial charge in [0.1, 0.15) is 17.8 Å². The third kappa shape index (κ3) is 8.17. The Balaban J connectivity index is 1.73. The van der Waals surface area contributed by atoms with Gasteiger partial charge in [0.2, 0.25) is 0 Å². The van der Waals surface area contributed by atoms with Crippen LogP contribution in [0.5, 0.6) is 11.5 Å². The van der Waals surface area contributed by atoms with E-state index in [-0.39, 0.29) is 12.2 Å². The fraction of sp³-hybridized carbons (Fsp3) is 0.296. The molecule has 2 rings (SSSR count). The second-order valence-corrected chi connectivity index (χ2v) is 7.25. The molecule has 0 aliphatic rings. The van der Waals surface area contributed by atoms with Crippen molar-refractivity contribution < 1.29 is 19.4 Å². The molecule has 0 amide bonds. The number of hydrogen-bond acceptors (Lipinski definition) is 4. The quantitative estimate of drug-likeness (QED) is 0.180. The van der Waals surface area contributed by atoms with Crippen LogP contribution in [0.25, 0.3) is 5.57 Å². The van der Waals surface area contributed by atoms with E-state index in [1.807, 2.05) is 24.3 Å². The van der Waals surface area contributed by atoms with Crippen molar-refractivity contribution >= 4 is 11.9 Å². The Kier molecular flexibility index (Phi) is 10.2. The average Bonchev–Trinajstić information content (AvgIpc) is 2.79. The SMILES string of the molecule is C=C(/C(C)=C/C=C(\CC)OCCCCOc1ccc(CC=O)c(O)c1)c1ccccc1. The number of allylic oxidation sites excluding steroid dienone is 5. The highest BCUT2D eigenvalue weighted by Crippen LogP contribution is 2.24. The molecule has 0 fully saturated rings. The number of aromatic hydroxyl groups is 1. The van der Waals surface area contributed by atoms with Crippen LogP contribution in [-0.4, -0.2) is 24.6 Å². The van der Waals surface area contributed by atoms with E-state index in [1.165, 1.54) is 0 Å². The maximum Gasteiger partial charge on any atom is 0.124 e. The van der Waals surface area contributed by atoms with Crippen LogP contribution in [0.1, 0.15) is 44.2 Å². The molecule has 2 aromatic carbocycles. The number of phenols is 1. The molecule has 0 bridgehead atoms. The van der Waals surface area contributed by atoms with E-state index in [1.54, 1.807) is 18.2 Å². The third-order valence-electron chi connectivity index (χ3n) is 4.92. The van der Waals surface area contributed by atoms with E-state index in [0.29, 0.717) is 24.5 Å². The molecule has 4 nitrogen and oxygen atoms in total. The molecule has 31 heavy (non-hydrogen) atoms. The summed E-state index contributed by atoms with van der Waals surface area (Å²) in [4.78, 5) is 10.6. The molecule has 164 valence electrons. The van der Waals surface area contributed by atoms with E-state index in [9.17, 15) is 9.90 Å². The fourth-order valence-electron chi connectivity index (χ4n) is 2.95. The van der Waals surface area contributed by atoms with Gasteiger partial charge in [-0.1, -0.05) is 56.0 Å². The van der Waals surface area contributed by atoms with Crippen molar-refractivity contribution in [1.82, 2.24) is 0 Å². The number of aldehydes is 1. The van der Waals surface area contributed by atoms with E-state index < -0.39 is 0 Å². The van der Waals surface area contributed by atoms with Gasteiger partial charge in [0.05, 0.1) is 19.0 Å². The molecule has 1 N–H and O–H groups in total. The molecule has 2 aromatic rings. The van der Waals surface area contributed by atoms with Gasteiger partial charge in [-0.3, -0.25) is 0 Å². The van der Waals surface area contributed by atoms with Crippen LogP contribution in [0, 0.1) is 0 Å². The van der Waals surface area contributed by atoms with Crippen molar-refractivity contribution in [1.29, 1.82) is 0 Å². The lowest BCUT2D eigenvalue weighted by molar-refractivity contribution is -0.107. The highest BCUT2D eigenvalue weighted by Gasteiger charge is 2.04. The molecule has 0 atom stereocenters. The zero-order valence-corrected chi connectivity index (χ0v) is 18.5. The van der Waals surface area contributed by atoms with E-state index in [4.69, 9.17) is 9.47 Å². The Labute approximate surface area is 185 Å². The van der Waals surface area contributed by atoms with Gasteiger partial charge in [0, 0.05) is 24.5 Å². The number of phenolic OH excluding ortho intramolecular Hbond substituents is 1.